The molecule has 0 saturated carbocycles. The number of hydrogen-bond acceptors (Lipinski definition) is 8. The molecule has 1 saturated heterocycles. The number of nitrogens with zero attached hydrogens (tertiary/aromatic N) is 5. The van der Waals surface area contributed by atoms with Crippen molar-refractivity contribution in [1.82, 2.24) is 25.0 Å². The van der Waals surface area contributed by atoms with E-state index in [1.54, 1.807) is 29.7 Å². The molecule has 8 nitrogen and oxygen atoms in total. The van der Waals surface area contributed by atoms with Crippen molar-refractivity contribution in [3.05, 3.63) is 53.6 Å². The molecule has 4 heterocycles. The van der Waals surface area contributed by atoms with Gasteiger partial charge in [0.1, 0.15) is 0 Å². The van der Waals surface area contributed by atoms with Crippen molar-refractivity contribution < 1.29 is 13.6 Å². The van der Waals surface area contributed by atoms with Crippen molar-refractivity contribution in [2.24, 2.45) is 0 Å². The minimum Gasteiger partial charge on any atom is -0.459 e. The van der Waals surface area contributed by atoms with E-state index in [2.05, 4.69) is 34.2 Å². The Morgan fingerprint density at radius 3 is 2.97 bits per heavy atom. The summed E-state index contributed by atoms with van der Waals surface area (Å²) in [6.45, 7) is 5.16. The Kier molecular flexibility index (Phi) is 6.50. The third-order valence-electron chi connectivity index (χ3n) is 5.89. The minimum atomic E-state index is 0.139. The number of likely N-dealkylation sites (tertiary alicyclic amines) is 1. The van der Waals surface area contributed by atoms with Crippen LogP contribution in [-0.4, -0.2) is 57.1 Å². The van der Waals surface area contributed by atoms with Crippen LogP contribution < -0.4 is 0 Å². The van der Waals surface area contributed by atoms with E-state index in [4.69, 9.17) is 13.8 Å². The number of para-hydroxylation sites is 1. The molecule has 1 amide bonds. The van der Waals surface area contributed by atoms with Crippen LogP contribution in [0.1, 0.15) is 43.0 Å². The molecule has 1 aliphatic rings. The topological polar surface area (TPSA) is 88.5 Å². The molecule has 0 aliphatic carbocycles. The van der Waals surface area contributed by atoms with Crippen LogP contribution in [0, 0.1) is 0 Å². The zero-order valence-corrected chi connectivity index (χ0v) is 19.5. The molecule has 1 aliphatic heterocycles. The average Bonchev–Trinajstić information content (AvgIpc) is 3.59. The lowest BCUT2D eigenvalue weighted by Gasteiger charge is -2.33. The largest absolute Gasteiger partial charge is 0.459 e. The number of thiazole rings is 1. The van der Waals surface area contributed by atoms with Gasteiger partial charge in [0.25, 0.3) is 5.89 Å². The molecular formula is C24H27N5O3S. The van der Waals surface area contributed by atoms with Crippen LogP contribution in [0.2, 0.25) is 0 Å². The van der Waals surface area contributed by atoms with Gasteiger partial charge in [-0.25, -0.2) is 4.98 Å². The zero-order valence-electron chi connectivity index (χ0n) is 18.6. The summed E-state index contributed by atoms with van der Waals surface area (Å²) in [6.07, 6.45) is 4.57. The van der Waals surface area contributed by atoms with Gasteiger partial charge in [-0.05, 0) is 50.1 Å². The monoisotopic (exact) mass is 465 g/mol. The molecule has 33 heavy (non-hydrogen) atoms. The molecule has 1 fully saturated rings. The summed E-state index contributed by atoms with van der Waals surface area (Å²) < 4.78 is 12.3. The minimum absolute atomic E-state index is 0.139. The highest BCUT2D eigenvalue weighted by Gasteiger charge is 2.28. The van der Waals surface area contributed by atoms with Gasteiger partial charge in [0, 0.05) is 19.0 Å². The molecule has 4 aromatic rings. The highest BCUT2D eigenvalue weighted by atomic mass is 32.1. The number of aromatic nitrogens is 3. The Morgan fingerprint density at radius 2 is 2.15 bits per heavy atom. The van der Waals surface area contributed by atoms with Crippen LogP contribution in [-0.2, 0) is 11.3 Å². The fraction of sp³-hybridized carbons (Fsp3) is 0.417. The lowest BCUT2D eigenvalue weighted by Crippen LogP contribution is -2.44. The molecule has 0 N–H and O–H groups in total. The molecule has 0 radical (unpaired) electrons. The number of piperidine rings is 1. The predicted octanol–water partition coefficient (Wildman–Crippen LogP) is 4.56. The van der Waals surface area contributed by atoms with E-state index in [0.29, 0.717) is 36.5 Å². The second-order valence-electron chi connectivity index (χ2n) is 8.39. The predicted molar refractivity (Wildman–Crippen MR) is 126 cm³/mol. The lowest BCUT2D eigenvalue weighted by atomic mass is 9.98. The molecule has 1 atom stereocenters. The van der Waals surface area contributed by atoms with Gasteiger partial charge in [0.15, 0.2) is 5.76 Å². The number of benzene rings is 1. The smallest absolute Gasteiger partial charge is 0.283 e. The number of hydrogen-bond donors (Lipinski definition) is 0. The van der Waals surface area contributed by atoms with Crippen LogP contribution in [0.15, 0.2) is 51.5 Å². The number of furan rings is 1. The Bertz CT molecular complexity index is 1170. The van der Waals surface area contributed by atoms with E-state index in [-0.39, 0.29) is 5.91 Å². The van der Waals surface area contributed by atoms with Gasteiger partial charge >= 0.3 is 0 Å². The maximum atomic E-state index is 13.2. The Morgan fingerprint density at radius 1 is 1.24 bits per heavy atom. The molecular weight excluding hydrogens is 438 g/mol. The Hall–Kier alpha value is -3.04. The van der Waals surface area contributed by atoms with Crippen molar-refractivity contribution in [2.45, 2.75) is 38.6 Å². The van der Waals surface area contributed by atoms with E-state index >= 15 is 0 Å². The molecule has 9 heteroatoms. The molecule has 172 valence electrons. The number of amides is 1. The van der Waals surface area contributed by atoms with Gasteiger partial charge < -0.3 is 13.7 Å². The normalized spacial score (nSPS) is 16.7. The van der Waals surface area contributed by atoms with Crippen molar-refractivity contribution >= 4 is 27.5 Å². The van der Waals surface area contributed by atoms with E-state index in [1.165, 1.54) is 4.70 Å². The highest BCUT2D eigenvalue weighted by molar-refractivity contribution is 7.18. The fourth-order valence-corrected chi connectivity index (χ4v) is 5.39. The van der Waals surface area contributed by atoms with Crippen molar-refractivity contribution in [3.8, 4) is 11.7 Å². The summed E-state index contributed by atoms with van der Waals surface area (Å²) in [6, 6.07) is 11.8. The first-order valence-corrected chi connectivity index (χ1v) is 12.2. The summed E-state index contributed by atoms with van der Waals surface area (Å²) in [7, 11) is 0. The summed E-state index contributed by atoms with van der Waals surface area (Å²) >= 11 is 1.75. The Labute approximate surface area is 196 Å². The third-order valence-corrected chi connectivity index (χ3v) is 7.09. The molecule has 0 bridgehead atoms. The third kappa shape index (κ3) is 4.99. The molecule has 0 spiro atoms. The summed E-state index contributed by atoms with van der Waals surface area (Å²) in [5, 5.41) is 9.34. The zero-order chi connectivity index (χ0) is 22.6. The van der Waals surface area contributed by atoms with Gasteiger partial charge in [-0.1, -0.05) is 19.1 Å². The van der Waals surface area contributed by atoms with Gasteiger partial charge in [-0.3, -0.25) is 9.69 Å². The first-order chi connectivity index (χ1) is 16.2. The van der Waals surface area contributed by atoms with Crippen LogP contribution in [0.5, 0.6) is 0 Å². The van der Waals surface area contributed by atoms with E-state index in [9.17, 15) is 4.79 Å². The SMILES string of the molecule is CCCN(CC(=O)N1CCC[C@H](c2nc3ccccc3s2)C1)Cc1nnc(-c2ccco2)o1. The first-order valence-electron chi connectivity index (χ1n) is 11.4. The Balaban J connectivity index is 1.22. The quantitative estimate of drug-likeness (QED) is 0.377. The maximum Gasteiger partial charge on any atom is 0.283 e. The molecule has 0 unspecified atom stereocenters. The van der Waals surface area contributed by atoms with Crippen molar-refractivity contribution in [1.29, 1.82) is 0 Å². The van der Waals surface area contributed by atoms with E-state index in [0.717, 1.165) is 49.4 Å². The lowest BCUT2D eigenvalue weighted by molar-refractivity contribution is -0.133. The second kappa shape index (κ2) is 9.84. The molecule has 5 rings (SSSR count). The van der Waals surface area contributed by atoms with Gasteiger partial charge in [0.05, 0.1) is 34.6 Å². The summed E-state index contributed by atoms with van der Waals surface area (Å²) in [5.74, 6) is 1.81. The molecule has 1 aromatic carbocycles. The second-order valence-corrected chi connectivity index (χ2v) is 9.45. The standard InChI is InChI=1S/C24H27N5O3S/c1-2-11-28(15-21-26-27-23(32-21)19-9-6-13-31-19)16-22(30)29-12-5-7-17(14-29)24-25-18-8-3-4-10-20(18)33-24/h3-4,6,8-10,13,17H,2,5,7,11-12,14-16H2,1H3/t17-/m0/s1. The number of carbonyl (C=O) groups excluding carboxylic acids is 1. The van der Waals surface area contributed by atoms with Gasteiger partial charge in [-0.2, -0.15) is 0 Å². The number of fused-ring (bicyclic) bond motifs is 1. The molecule has 3 aromatic heterocycles. The van der Waals surface area contributed by atoms with Crippen LogP contribution in [0.4, 0.5) is 0 Å². The van der Waals surface area contributed by atoms with Gasteiger partial charge in [-0.15, -0.1) is 21.5 Å². The van der Waals surface area contributed by atoms with Crippen LogP contribution >= 0.6 is 11.3 Å². The van der Waals surface area contributed by atoms with Crippen molar-refractivity contribution in [3.63, 3.8) is 0 Å². The summed E-state index contributed by atoms with van der Waals surface area (Å²) in [4.78, 5) is 22.1. The maximum absolute atomic E-state index is 13.2. The van der Waals surface area contributed by atoms with Crippen LogP contribution in [0.25, 0.3) is 21.9 Å². The van der Waals surface area contributed by atoms with E-state index < -0.39 is 0 Å². The van der Waals surface area contributed by atoms with Crippen LogP contribution in [0.3, 0.4) is 0 Å². The fourth-order valence-electron chi connectivity index (χ4n) is 4.30. The first kappa shape index (κ1) is 21.8. The van der Waals surface area contributed by atoms with E-state index in [1.807, 2.05) is 17.0 Å². The van der Waals surface area contributed by atoms with Gasteiger partial charge in [0.2, 0.25) is 11.8 Å². The highest BCUT2D eigenvalue weighted by Crippen LogP contribution is 2.33. The van der Waals surface area contributed by atoms with Crippen molar-refractivity contribution in [2.75, 3.05) is 26.2 Å². The number of carbonyl (C=O) groups is 1. The number of rotatable bonds is 8. The average molecular weight is 466 g/mol. The summed E-state index contributed by atoms with van der Waals surface area (Å²) in [5.41, 5.74) is 1.04.